The summed E-state index contributed by atoms with van der Waals surface area (Å²) < 4.78 is 0. The van der Waals surface area contributed by atoms with Crippen molar-refractivity contribution < 1.29 is 4.79 Å². The topological polar surface area (TPSA) is 20.3 Å². The first kappa shape index (κ1) is 13.1. The first-order chi connectivity index (χ1) is 9.34. The monoisotopic (exact) mass is 259 g/mol. The fourth-order valence-corrected chi connectivity index (χ4v) is 4.03. The fourth-order valence-electron chi connectivity index (χ4n) is 4.03. The van der Waals surface area contributed by atoms with Gasteiger partial charge >= 0.3 is 0 Å². The van der Waals surface area contributed by atoms with Crippen LogP contribution in [-0.2, 0) is 4.79 Å². The summed E-state index contributed by atoms with van der Waals surface area (Å²) in [6.45, 7) is 2.22. The largest absolute Gasteiger partial charge is 0.297 e. The molecule has 0 spiro atoms. The fraction of sp³-hybridized carbons (Fsp3) is 0.706. The van der Waals surface area contributed by atoms with Crippen molar-refractivity contribution in [2.24, 2.45) is 0 Å². The molecule has 0 aromatic heterocycles. The van der Waals surface area contributed by atoms with Gasteiger partial charge in [0.1, 0.15) is 5.54 Å². The molecule has 0 bridgehead atoms. The second-order valence-corrected chi connectivity index (χ2v) is 6.18. The third-order valence-corrected chi connectivity index (χ3v) is 5.02. The van der Waals surface area contributed by atoms with Crippen molar-refractivity contribution in [3.8, 4) is 0 Å². The van der Waals surface area contributed by atoms with Crippen LogP contribution in [0.4, 0.5) is 0 Å². The van der Waals surface area contributed by atoms with E-state index < -0.39 is 0 Å². The number of carbonyl (C=O) groups excluding carboxylic acids is 1. The predicted octanol–water partition coefficient (Wildman–Crippen LogP) is 3.63. The summed E-state index contributed by atoms with van der Waals surface area (Å²) in [5.41, 5.74) is 1.06. The van der Waals surface area contributed by atoms with E-state index in [9.17, 15) is 4.79 Å². The van der Waals surface area contributed by atoms with Crippen LogP contribution in [0.5, 0.6) is 0 Å². The van der Waals surface area contributed by atoms with Gasteiger partial charge in [0.05, 0.1) is 0 Å². The lowest BCUT2D eigenvalue weighted by Gasteiger charge is -2.48. The number of rotatable bonds is 2. The lowest BCUT2D eigenvalue weighted by atomic mass is 9.72. The number of ketones is 1. The first-order valence-corrected chi connectivity index (χ1v) is 7.99. The molecule has 19 heavy (non-hydrogen) atoms. The van der Waals surface area contributed by atoms with Crippen molar-refractivity contribution in [2.75, 3.05) is 13.1 Å². The highest BCUT2D eigenvalue weighted by molar-refractivity contribution is 5.93. The van der Waals surface area contributed by atoms with Crippen molar-refractivity contribution in [3.63, 3.8) is 0 Å². The summed E-state index contributed by atoms with van der Waals surface area (Å²) in [6, 6.07) is 0. The predicted molar refractivity (Wildman–Crippen MR) is 78.1 cm³/mol. The van der Waals surface area contributed by atoms with E-state index in [1.54, 1.807) is 0 Å². The summed E-state index contributed by atoms with van der Waals surface area (Å²) in [4.78, 5) is 15.3. The average Bonchev–Trinajstić information content (AvgIpc) is 2.50. The van der Waals surface area contributed by atoms with Gasteiger partial charge in [-0.05, 0) is 57.2 Å². The number of carbonyl (C=O) groups is 1. The maximum Gasteiger partial charge on any atom is 0.157 e. The van der Waals surface area contributed by atoms with E-state index in [-0.39, 0.29) is 5.54 Å². The highest BCUT2D eigenvalue weighted by Gasteiger charge is 2.47. The molecule has 1 aliphatic heterocycles. The van der Waals surface area contributed by atoms with Crippen LogP contribution in [0.1, 0.15) is 57.8 Å². The molecule has 3 aliphatic rings. The Morgan fingerprint density at radius 2 is 1.84 bits per heavy atom. The third-order valence-electron chi connectivity index (χ3n) is 5.02. The molecule has 2 fully saturated rings. The molecule has 2 heteroatoms. The number of allylic oxidation sites excluding steroid dienone is 2. The molecule has 0 radical (unpaired) electrons. The second kappa shape index (κ2) is 5.62. The van der Waals surface area contributed by atoms with E-state index in [1.165, 1.54) is 31.3 Å². The normalized spacial score (nSPS) is 33.3. The van der Waals surface area contributed by atoms with Crippen molar-refractivity contribution in [1.82, 2.24) is 4.90 Å². The Hall–Kier alpha value is -0.890. The van der Waals surface area contributed by atoms with Gasteiger partial charge in [-0.25, -0.2) is 0 Å². The van der Waals surface area contributed by atoms with Gasteiger partial charge in [0.2, 0.25) is 0 Å². The third kappa shape index (κ3) is 2.31. The highest BCUT2D eigenvalue weighted by atomic mass is 16.1. The highest BCUT2D eigenvalue weighted by Crippen LogP contribution is 2.40. The van der Waals surface area contributed by atoms with Crippen molar-refractivity contribution >= 4 is 5.78 Å². The molecule has 0 aromatic rings. The van der Waals surface area contributed by atoms with Crippen LogP contribution in [0.2, 0.25) is 0 Å². The van der Waals surface area contributed by atoms with E-state index in [0.29, 0.717) is 5.78 Å². The Kier molecular flexibility index (Phi) is 3.88. The molecule has 0 amide bonds. The van der Waals surface area contributed by atoms with Crippen molar-refractivity contribution in [2.45, 2.75) is 63.3 Å². The molecule has 2 nitrogen and oxygen atoms in total. The lowest BCUT2D eigenvalue weighted by Crippen LogP contribution is -2.58. The molecule has 0 aromatic carbocycles. The zero-order chi connectivity index (χ0) is 13.1. The maximum absolute atomic E-state index is 12.8. The maximum atomic E-state index is 12.8. The van der Waals surface area contributed by atoms with E-state index in [4.69, 9.17) is 0 Å². The quantitative estimate of drug-likeness (QED) is 0.754. The van der Waals surface area contributed by atoms with Gasteiger partial charge in [0.25, 0.3) is 0 Å². The molecule has 3 rings (SSSR count). The summed E-state index contributed by atoms with van der Waals surface area (Å²) in [5.74, 6) is 0.485. The number of Topliss-reactive ketones (excluding diaryl/α,β-unsaturated/α-hetero) is 1. The molecule has 1 heterocycles. The smallest absolute Gasteiger partial charge is 0.157 e. The number of hydrogen-bond acceptors (Lipinski definition) is 2. The standard InChI is InChI=1S/C17H25NO/c19-16-11-5-6-12-17(16,15-9-3-1-4-10-15)18-13-7-2-8-14-18/h3,9-10H,1-2,4-8,11-14H2/t17-/m0/s1. The van der Waals surface area contributed by atoms with Crippen LogP contribution in [0.3, 0.4) is 0 Å². The molecule has 0 N–H and O–H groups in total. The number of hydrogen-bond donors (Lipinski definition) is 0. The van der Waals surface area contributed by atoms with Crippen LogP contribution >= 0.6 is 0 Å². The summed E-state index contributed by atoms with van der Waals surface area (Å²) in [6.07, 6.45) is 17.0. The van der Waals surface area contributed by atoms with Gasteiger partial charge in [0.15, 0.2) is 5.78 Å². The average molecular weight is 259 g/mol. The zero-order valence-corrected chi connectivity index (χ0v) is 11.9. The van der Waals surface area contributed by atoms with Gasteiger partial charge in [-0.3, -0.25) is 9.69 Å². The van der Waals surface area contributed by atoms with Crippen LogP contribution in [0.15, 0.2) is 23.8 Å². The Morgan fingerprint density at radius 3 is 2.53 bits per heavy atom. The van der Waals surface area contributed by atoms with Gasteiger partial charge in [-0.15, -0.1) is 0 Å². The minimum atomic E-state index is -0.254. The lowest BCUT2D eigenvalue weighted by molar-refractivity contribution is -0.132. The summed E-state index contributed by atoms with van der Waals surface area (Å²) >= 11 is 0. The second-order valence-electron chi connectivity index (χ2n) is 6.18. The number of nitrogens with zero attached hydrogens (tertiary/aromatic N) is 1. The van der Waals surface area contributed by atoms with Crippen LogP contribution in [0.25, 0.3) is 0 Å². The van der Waals surface area contributed by atoms with E-state index in [0.717, 1.165) is 45.2 Å². The van der Waals surface area contributed by atoms with Crippen LogP contribution in [0, 0.1) is 0 Å². The minimum Gasteiger partial charge on any atom is -0.297 e. The molecule has 1 saturated heterocycles. The first-order valence-electron chi connectivity index (χ1n) is 7.99. The Morgan fingerprint density at radius 1 is 1.00 bits per heavy atom. The molecule has 104 valence electrons. The van der Waals surface area contributed by atoms with E-state index >= 15 is 0 Å². The molecule has 0 unspecified atom stereocenters. The number of piperidine rings is 1. The SMILES string of the molecule is O=C1CCCC[C@@]1(C1=CCCC=C1)N1CCCCC1. The van der Waals surface area contributed by atoms with E-state index in [2.05, 4.69) is 23.1 Å². The van der Waals surface area contributed by atoms with Gasteiger partial charge in [-0.2, -0.15) is 0 Å². The zero-order valence-electron chi connectivity index (χ0n) is 11.9. The molecular weight excluding hydrogens is 234 g/mol. The summed E-state index contributed by atoms with van der Waals surface area (Å²) in [5, 5.41) is 0. The Bertz CT molecular complexity index is 403. The Balaban J connectivity index is 1.96. The van der Waals surface area contributed by atoms with E-state index in [1.807, 2.05) is 0 Å². The molecule has 1 saturated carbocycles. The minimum absolute atomic E-state index is 0.254. The summed E-state index contributed by atoms with van der Waals surface area (Å²) in [7, 11) is 0. The number of likely N-dealkylation sites (tertiary alicyclic amines) is 1. The van der Waals surface area contributed by atoms with Crippen LogP contribution < -0.4 is 0 Å². The molecular formula is C17H25NO. The van der Waals surface area contributed by atoms with Gasteiger partial charge in [0, 0.05) is 6.42 Å². The van der Waals surface area contributed by atoms with Crippen molar-refractivity contribution in [1.29, 1.82) is 0 Å². The molecule has 1 atom stereocenters. The molecule has 2 aliphatic carbocycles. The Labute approximate surface area is 116 Å². The van der Waals surface area contributed by atoms with Gasteiger partial charge < -0.3 is 0 Å². The van der Waals surface area contributed by atoms with Crippen LogP contribution in [-0.4, -0.2) is 29.3 Å². The van der Waals surface area contributed by atoms with Gasteiger partial charge in [-0.1, -0.05) is 31.1 Å². The van der Waals surface area contributed by atoms with Crippen molar-refractivity contribution in [3.05, 3.63) is 23.8 Å².